The standard InChI is InChI=1S/C52H38N4/c1-3-12-48(53-2)37-22-26-39(27-23-37)50-34-51(40-28-24-38(25-29-40)49-21-8-9-30-54-49)56-52(55-50)43-32-41(46-19-10-15-35-13-4-6-17-44(35)46)31-42(33-43)47-20-11-16-36-14-5-7-18-45(36)47/h3-34H,1-2H3/b12-3-,53-48+. The summed E-state index contributed by atoms with van der Waals surface area (Å²) >= 11 is 0. The van der Waals surface area contributed by atoms with E-state index in [1.54, 1.807) is 0 Å². The van der Waals surface area contributed by atoms with Gasteiger partial charge in [-0.15, -0.1) is 0 Å². The summed E-state index contributed by atoms with van der Waals surface area (Å²) in [5, 5.41) is 4.80. The molecular formula is C52H38N4. The molecule has 9 aromatic rings. The van der Waals surface area contributed by atoms with E-state index in [4.69, 9.17) is 9.97 Å². The lowest BCUT2D eigenvalue weighted by molar-refractivity contribution is 1.18. The van der Waals surface area contributed by atoms with Crippen molar-refractivity contribution in [1.82, 2.24) is 15.0 Å². The van der Waals surface area contributed by atoms with Gasteiger partial charge in [-0.1, -0.05) is 146 Å². The van der Waals surface area contributed by atoms with Crippen LogP contribution in [0.5, 0.6) is 0 Å². The highest BCUT2D eigenvalue weighted by Crippen LogP contribution is 2.38. The van der Waals surface area contributed by atoms with Crippen molar-refractivity contribution in [3.05, 3.63) is 200 Å². The molecule has 2 aromatic heterocycles. The van der Waals surface area contributed by atoms with Crippen LogP contribution in [0.3, 0.4) is 0 Å². The summed E-state index contributed by atoms with van der Waals surface area (Å²) in [5.74, 6) is 0.656. The van der Waals surface area contributed by atoms with Gasteiger partial charge in [0.15, 0.2) is 5.82 Å². The van der Waals surface area contributed by atoms with Gasteiger partial charge >= 0.3 is 0 Å². The summed E-state index contributed by atoms with van der Waals surface area (Å²) in [6, 6.07) is 62.0. The molecule has 0 bridgehead atoms. The first kappa shape index (κ1) is 34.5. The van der Waals surface area contributed by atoms with Crippen LogP contribution < -0.4 is 0 Å². The van der Waals surface area contributed by atoms with E-state index < -0.39 is 0 Å². The van der Waals surface area contributed by atoms with Crippen LogP contribution in [0.15, 0.2) is 199 Å². The minimum absolute atomic E-state index is 0.656. The van der Waals surface area contributed by atoms with Gasteiger partial charge in [0.1, 0.15) is 0 Å². The highest BCUT2D eigenvalue weighted by Gasteiger charge is 2.16. The predicted octanol–water partition coefficient (Wildman–Crippen LogP) is 13.2. The molecule has 0 unspecified atom stereocenters. The van der Waals surface area contributed by atoms with E-state index >= 15 is 0 Å². The van der Waals surface area contributed by atoms with Gasteiger partial charge in [0, 0.05) is 35.5 Å². The summed E-state index contributed by atoms with van der Waals surface area (Å²) in [6.45, 7) is 2.01. The lowest BCUT2D eigenvalue weighted by Crippen LogP contribution is -1.99. The number of aliphatic imine (C=N–C) groups is 1. The molecule has 0 N–H and O–H groups in total. The maximum absolute atomic E-state index is 5.32. The van der Waals surface area contributed by atoms with Gasteiger partial charge in [0.2, 0.25) is 0 Å². The van der Waals surface area contributed by atoms with Crippen LogP contribution in [0.4, 0.5) is 0 Å². The zero-order valence-corrected chi connectivity index (χ0v) is 31.3. The number of hydrogen-bond donors (Lipinski definition) is 0. The average molecular weight is 719 g/mol. The third kappa shape index (κ3) is 6.81. The monoisotopic (exact) mass is 718 g/mol. The van der Waals surface area contributed by atoms with Crippen molar-refractivity contribution >= 4 is 27.3 Å². The molecule has 2 heterocycles. The van der Waals surface area contributed by atoms with E-state index in [9.17, 15) is 0 Å². The molecule has 56 heavy (non-hydrogen) atoms. The highest BCUT2D eigenvalue weighted by atomic mass is 14.9. The van der Waals surface area contributed by atoms with Gasteiger partial charge in [-0.05, 0) is 98.8 Å². The number of nitrogens with zero attached hydrogens (tertiary/aromatic N) is 4. The van der Waals surface area contributed by atoms with Crippen LogP contribution in [0, 0.1) is 0 Å². The van der Waals surface area contributed by atoms with Gasteiger partial charge in [-0.2, -0.15) is 0 Å². The molecule has 0 amide bonds. The van der Waals surface area contributed by atoms with Crippen molar-refractivity contribution in [2.75, 3.05) is 7.05 Å². The minimum atomic E-state index is 0.656. The molecule has 0 atom stereocenters. The normalized spacial score (nSPS) is 11.8. The zero-order chi connectivity index (χ0) is 37.8. The predicted molar refractivity (Wildman–Crippen MR) is 235 cm³/mol. The quantitative estimate of drug-likeness (QED) is 0.147. The molecule has 4 heteroatoms. The number of fused-ring (bicyclic) bond motifs is 2. The smallest absolute Gasteiger partial charge is 0.160 e. The molecule has 0 saturated heterocycles. The molecule has 0 aliphatic carbocycles. The highest BCUT2D eigenvalue weighted by molar-refractivity contribution is 6.08. The Morgan fingerprint density at radius 3 is 1.50 bits per heavy atom. The fourth-order valence-corrected chi connectivity index (χ4v) is 7.51. The number of pyridine rings is 1. The summed E-state index contributed by atoms with van der Waals surface area (Å²) in [5.41, 5.74) is 13.1. The number of rotatable bonds is 8. The number of hydrogen-bond acceptors (Lipinski definition) is 4. The summed E-state index contributed by atoms with van der Waals surface area (Å²) in [7, 11) is 1.82. The molecule has 0 aliphatic heterocycles. The lowest BCUT2D eigenvalue weighted by Gasteiger charge is -2.15. The van der Waals surface area contributed by atoms with E-state index in [0.717, 1.165) is 72.9 Å². The Balaban J connectivity index is 1.26. The molecule has 266 valence electrons. The number of allylic oxidation sites excluding steroid dienone is 2. The van der Waals surface area contributed by atoms with Crippen LogP contribution in [0.1, 0.15) is 12.5 Å². The molecule has 7 aromatic carbocycles. The van der Waals surface area contributed by atoms with Crippen molar-refractivity contribution in [2.24, 2.45) is 4.99 Å². The zero-order valence-electron chi connectivity index (χ0n) is 31.3. The fourth-order valence-electron chi connectivity index (χ4n) is 7.51. The first-order valence-electron chi connectivity index (χ1n) is 18.9. The van der Waals surface area contributed by atoms with Crippen LogP contribution in [0.25, 0.3) is 89.0 Å². The summed E-state index contributed by atoms with van der Waals surface area (Å²) in [6.07, 6.45) is 5.86. The van der Waals surface area contributed by atoms with Crippen LogP contribution in [-0.4, -0.2) is 27.7 Å². The number of aromatic nitrogens is 3. The Labute approximate surface area is 327 Å². The van der Waals surface area contributed by atoms with Gasteiger partial charge < -0.3 is 0 Å². The van der Waals surface area contributed by atoms with Gasteiger partial charge in [-0.25, -0.2) is 9.97 Å². The molecular weight excluding hydrogens is 681 g/mol. The molecule has 0 fully saturated rings. The van der Waals surface area contributed by atoms with Gasteiger partial charge in [0.05, 0.1) is 22.8 Å². The molecule has 4 nitrogen and oxygen atoms in total. The van der Waals surface area contributed by atoms with Crippen molar-refractivity contribution in [3.8, 4) is 67.4 Å². The van der Waals surface area contributed by atoms with Crippen molar-refractivity contribution in [1.29, 1.82) is 0 Å². The summed E-state index contributed by atoms with van der Waals surface area (Å²) in [4.78, 5) is 19.7. The molecule has 0 spiro atoms. The first-order valence-corrected chi connectivity index (χ1v) is 18.9. The van der Waals surface area contributed by atoms with Crippen molar-refractivity contribution < 1.29 is 0 Å². The topological polar surface area (TPSA) is 51.0 Å². The largest absolute Gasteiger partial charge is 0.288 e. The first-order chi connectivity index (χ1) is 27.6. The Kier molecular flexibility index (Phi) is 9.36. The second-order valence-electron chi connectivity index (χ2n) is 13.8. The van der Waals surface area contributed by atoms with Crippen LogP contribution >= 0.6 is 0 Å². The van der Waals surface area contributed by atoms with Gasteiger partial charge in [0.25, 0.3) is 0 Å². The van der Waals surface area contributed by atoms with Crippen LogP contribution in [-0.2, 0) is 0 Å². The van der Waals surface area contributed by atoms with E-state index in [2.05, 4.69) is 168 Å². The van der Waals surface area contributed by atoms with E-state index in [-0.39, 0.29) is 0 Å². The average Bonchev–Trinajstić information content (AvgIpc) is 3.28. The number of benzene rings is 7. The van der Waals surface area contributed by atoms with Crippen LogP contribution in [0.2, 0.25) is 0 Å². The molecule has 9 rings (SSSR count). The second-order valence-corrected chi connectivity index (χ2v) is 13.8. The Bertz CT molecular complexity index is 2800. The molecule has 0 radical (unpaired) electrons. The third-order valence-corrected chi connectivity index (χ3v) is 10.3. The van der Waals surface area contributed by atoms with E-state index in [1.807, 2.05) is 50.5 Å². The Hall–Kier alpha value is -7.30. The second kappa shape index (κ2) is 15.2. The maximum atomic E-state index is 5.32. The van der Waals surface area contributed by atoms with Crippen molar-refractivity contribution in [2.45, 2.75) is 6.92 Å². The Morgan fingerprint density at radius 1 is 0.464 bits per heavy atom. The fraction of sp³-hybridized carbons (Fsp3) is 0.0385. The molecule has 0 aliphatic rings. The van der Waals surface area contributed by atoms with Gasteiger partial charge in [-0.3, -0.25) is 9.98 Å². The van der Waals surface area contributed by atoms with Crippen molar-refractivity contribution in [3.63, 3.8) is 0 Å². The molecule has 0 saturated carbocycles. The minimum Gasteiger partial charge on any atom is -0.288 e. The Morgan fingerprint density at radius 2 is 0.964 bits per heavy atom. The van der Waals surface area contributed by atoms with E-state index in [0.29, 0.717) is 5.82 Å². The third-order valence-electron chi connectivity index (χ3n) is 10.3. The summed E-state index contributed by atoms with van der Waals surface area (Å²) < 4.78 is 0. The lowest BCUT2D eigenvalue weighted by atomic mass is 9.91. The SMILES string of the molecule is C/C=C\C(=N/C)c1ccc(-c2cc(-c3ccc(-c4ccccn4)cc3)nc(-c3cc(-c4cccc5ccccc45)cc(-c4cccc5ccccc45)c3)n2)cc1. The van der Waals surface area contributed by atoms with E-state index in [1.165, 1.54) is 21.5 Å². The maximum Gasteiger partial charge on any atom is 0.160 e.